The van der Waals surface area contributed by atoms with E-state index in [0.29, 0.717) is 5.69 Å². The molecular weight excluding hydrogens is 204 g/mol. The average molecular weight is 222 g/mol. The van der Waals surface area contributed by atoms with Gasteiger partial charge in [-0.15, -0.1) is 0 Å². The fraction of sp³-hybridized carbons (Fsp3) is 0.583. The molecule has 2 atom stereocenters. The van der Waals surface area contributed by atoms with Gasteiger partial charge in [-0.25, -0.2) is 0 Å². The molecule has 1 aromatic rings. The fourth-order valence-electron chi connectivity index (χ4n) is 1.98. The molecular formula is C12H18N2O2. The second kappa shape index (κ2) is 4.29. The Morgan fingerprint density at radius 1 is 1.50 bits per heavy atom. The molecule has 1 aliphatic rings. The van der Waals surface area contributed by atoms with Crippen molar-refractivity contribution in [1.29, 1.82) is 0 Å². The molecule has 4 heteroatoms. The quantitative estimate of drug-likeness (QED) is 0.812. The highest BCUT2D eigenvalue weighted by Crippen LogP contribution is 2.30. The molecule has 0 aromatic carbocycles. The highest BCUT2D eigenvalue weighted by atomic mass is 16.3. The van der Waals surface area contributed by atoms with E-state index in [4.69, 9.17) is 0 Å². The van der Waals surface area contributed by atoms with Crippen molar-refractivity contribution in [1.82, 2.24) is 4.57 Å². The predicted octanol–water partition coefficient (Wildman–Crippen LogP) is 1.36. The number of aliphatic hydroxyl groups excluding tert-OH is 1. The van der Waals surface area contributed by atoms with E-state index in [-0.39, 0.29) is 23.7 Å². The Bertz CT molecular complexity index is 425. The van der Waals surface area contributed by atoms with E-state index in [2.05, 4.69) is 5.32 Å². The Morgan fingerprint density at radius 2 is 2.25 bits per heavy atom. The maximum atomic E-state index is 12.1. The lowest BCUT2D eigenvalue weighted by Crippen LogP contribution is -2.39. The van der Waals surface area contributed by atoms with Gasteiger partial charge in [0, 0.05) is 12.2 Å². The van der Waals surface area contributed by atoms with Gasteiger partial charge in [-0.3, -0.25) is 4.79 Å². The zero-order chi connectivity index (χ0) is 11.7. The molecule has 2 N–H and O–H groups in total. The number of nitrogens with zero attached hydrogens (tertiary/aromatic N) is 1. The minimum Gasteiger partial charge on any atom is -0.391 e. The van der Waals surface area contributed by atoms with Crippen molar-refractivity contribution in [2.75, 3.05) is 5.32 Å². The van der Waals surface area contributed by atoms with Crippen LogP contribution in [0.1, 0.15) is 32.7 Å². The van der Waals surface area contributed by atoms with E-state index in [1.54, 1.807) is 16.8 Å². The standard InChI is InChI=1S/C12H18N2O2/c1-8(2)13-9-4-3-7-14(12(9)16)10-5-6-11(10)15/h3-4,7-8,10-11,13,15H,5-6H2,1-2H3/t10-,11+/m0/s1. The maximum Gasteiger partial charge on any atom is 0.274 e. The molecule has 0 bridgehead atoms. The molecule has 0 radical (unpaired) electrons. The van der Waals surface area contributed by atoms with Crippen LogP contribution in [-0.2, 0) is 0 Å². The van der Waals surface area contributed by atoms with Crippen LogP contribution in [0.25, 0.3) is 0 Å². The maximum absolute atomic E-state index is 12.1. The first-order valence-corrected chi connectivity index (χ1v) is 5.75. The van der Waals surface area contributed by atoms with Crippen LogP contribution in [-0.4, -0.2) is 21.8 Å². The summed E-state index contributed by atoms with van der Waals surface area (Å²) in [6.07, 6.45) is 3.05. The highest BCUT2D eigenvalue weighted by molar-refractivity contribution is 5.41. The summed E-state index contributed by atoms with van der Waals surface area (Å²) in [5.41, 5.74) is 0.566. The minimum atomic E-state index is -0.369. The lowest BCUT2D eigenvalue weighted by molar-refractivity contribution is 0.0300. The molecule has 88 valence electrons. The monoisotopic (exact) mass is 222 g/mol. The summed E-state index contributed by atoms with van der Waals surface area (Å²) in [5, 5.41) is 12.7. The van der Waals surface area contributed by atoms with Gasteiger partial charge >= 0.3 is 0 Å². The molecule has 1 saturated carbocycles. The lowest BCUT2D eigenvalue weighted by Gasteiger charge is -2.34. The molecule has 1 aliphatic carbocycles. The molecule has 1 heterocycles. The Morgan fingerprint density at radius 3 is 2.75 bits per heavy atom. The van der Waals surface area contributed by atoms with Gasteiger partial charge in [0.05, 0.1) is 12.1 Å². The van der Waals surface area contributed by atoms with Gasteiger partial charge in [0.1, 0.15) is 5.69 Å². The van der Waals surface area contributed by atoms with Crippen LogP contribution < -0.4 is 10.9 Å². The molecule has 2 rings (SSSR count). The summed E-state index contributed by atoms with van der Waals surface area (Å²) in [6, 6.07) is 3.82. The number of hydrogen-bond acceptors (Lipinski definition) is 3. The number of rotatable bonds is 3. The molecule has 0 amide bonds. The molecule has 0 unspecified atom stereocenters. The third kappa shape index (κ3) is 1.97. The number of nitrogens with one attached hydrogen (secondary N) is 1. The van der Waals surface area contributed by atoms with Crippen LogP contribution in [0.15, 0.2) is 23.1 Å². The summed E-state index contributed by atoms with van der Waals surface area (Å²) in [4.78, 5) is 12.1. The number of hydrogen-bond donors (Lipinski definition) is 2. The van der Waals surface area contributed by atoms with E-state index in [1.807, 2.05) is 19.9 Å². The van der Waals surface area contributed by atoms with Gasteiger partial charge in [-0.2, -0.15) is 0 Å². The largest absolute Gasteiger partial charge is 0.391 e. The average Bonchev–Trinajstić information content (AvgIpc) is 2.21. The number of aromatic nitrogens is 1. The van der Waals surface area contributed by atoms with Crippen molar-refractivity contribution in [2.24, 2.45) is 0 Å². The number of aliphatic hydroxyl groups is 1. The van der Waals surface area contributed by atoms with Crippen molar-refractivity contribution in [2.45, 2.75) is 44.9 Å². The third-order valence-electron chi connectivity index (χ3n) is 2.98. The third-order valence-corrected chi connectivity index (χ3v) is 2.98. The topological polar surface area (TPSA) is 54.3 Å². The van der Waals surface area contributed by atoms with E-state index in [1.165, 1.54) is 0 Å². The first-order chi connectivity index (χ1) is 7.59. The first kappa shape index (κ1) is 11.2. The van der Waals surface area contributed by atoms with E-state index < -0.39 is 0 Å². The molecule has 0 saturated heterocycles. The fourth-order valence-corrected chi connectivity index (χ4v) is 1.98. The van der Waals surface area contributed by atoms with Crippen LogP contribution in [0.4, 0.5) is 5.69 Å². The van der Waals surface area contributed by atoms with Gasteiger partial charge in [0.15, 0.2) is 0 Å². The molecule has 1 aromatic heterocycles. The molecule has 4 nitrogen and oxygen atoms in total. The van der Waals surface area contributed by atoms with Gasteiger partial charge in [-0.05, 0) is 38.8 Å². The van der Waals surface area contributed by atoms with Gasteiger partial charge in [0.25, 0.3) is 5.56 Å². The molecule has 0 aliphatic heterocycles. The van der Waals surface area contributed by atoms with E-state index in [9.17, 15) is 9.90 Å². The second-order valence-corrected chi connectivity index (χ2v) is 4.65. The van der Waals surface area contributed by atoms with Gasteiger partial charge in [0.2, 0.25) is 0 Å². The summed E-state index contributed by atoms with van der Waals surface area (Å²) < 4.78 is 1.64. The number of anilines is 1. The van der Waals surface area contributed by atoms with Crippen molar-refractivity contribution in [3.05, 3.63) is 28.7 Å². The zero-order valence-corrected chi connectivity index (χ0v) is 9.68. The highest BCUT2D eigenvalue weighted by Gasteiger charge is 2.31. The van der Waals surface area contributed by atoms with Gasteiger partial charge < -0.3 is 15.0 Å². The summed E-state index contributed by atoms with van der Waals surface area (Å²) >= 11 is 0. The summed E-state index contributed by atoms with van der Waals surface area (Å²) in [6.45, 7) is 3.99. The van der Waals surface area contributed by atoms with Crippen molar-refractivity contribution < 1.29 is 5.11 Å². The minimum absolute atomic E-state index is 0.0404. The van der Waals surface area contributed by atoms with E-state index >= 15 is 0 Å². The Hall–Kier alpha value is -1.29. The molecule has 1 fully saturated rings. The normalized spacial score (nSPS) is 24.2. The SMILES string of the molecule is CC(C)Nc1cccn([C@H]2CC[C@H]2O)c1=O. The van der Waals surface area contributed by atoms with Crippen molar-refractivity contribution in [3.63, 3.8) is 0 Å². The zero-order valence-electron chi connectivity index (χ0n) is 9.68. The molecule has 0 spiro atoms. The Kier molecular flexibility index (Phi) is 3.01. The molecule has 16 heavy (non-hydrogen) atoms. The van der Waals surface area contributed by atoms with Crippen LogP contribution in [0.5, 0.6) is 0 Å². The lowest BCUT2D eigenvalue weighted by atomic mass is 9.89. The Balaban J connectivity index is 2.29. The van der Waals surface area contributed by atoms with Gasteiger partial charge in [-0.1, -0.05) is 0 Å². The van der Waals surface area contributed by atoms with Crippen LogP contribution >= 0.6 is 0 Å². The van der Waals surface area contributed by atoms with E-state index in [0.717, 1.165) is 12.8 Å². The smallest absolute Gasteiger partial charge is 0.274 e. The Labute approximate surface area is 94.9 Å². The van der Waals surface area contributed by atoms with Crippen LogP contribution in [0, 0.1) is 0 Å². The van der Waals surface area contributed by atoms with Crippen molar-refractivity contribution in [3.8, 4) is 0 Å². The second-order valence-electron chi connectivity index (χ2n) is 4.65. The van der Waals surface area contributed by atoms with Crippen molar-refractivity contribution >= 4 is 5.69 Å². The summed E-state index contributed by atoms with van der Waals surface area (Å²) in [5.74, 6) is 0. The first-order valence-electron chi connectivity index (χ1n) is 5.75. The predicted molar refractivity (Wildman–Crippen MR) is 63.7 cm³/mol. The summed E-state index contributed by atoms with van der Waals surface area (Å²) in [7, 11) is 0. The van der Waals surface area contributed by atoms with Crippen LogP contribution in [0.3, 0.4) is 0 Å². The number of pyridine rings is 1. The van der Waals surface area contributed by atoms with Crippen LogP contribution in [0.2, 0.25) is 0 Å².